The van der Waals surface area contributed by atoms with E-state index in [1.165, 1.54) is 44.9 Å². The van der Waals surface area contributed by atoms with Gasteiger partial charge in [0.25, 0.3) is 0 Å². The van der Waals surface area contributed by atoms with Crippen molar-refractivity contribution in [1.29, 1.82) is 0 Å². The predicted octanol–water partition coefficient (Wildman–Crippen LogP) is 6.46. The molecule has 0 saturated heterocycles. The lowest BCUT2D eigenvalue weighted by molar-refractivity contribution is -0.889. The quantitative estimate of drug-likeness (QED) is 0.0415. The predicted molar refractivity (Wildman–Crippen MR) is 171 cm³/mol. The summed E-state index contributed by atoms with van der Waals surface area (Å²) < 4.78 is 16.9. The van der Waals surface area contributed by atoms with Crippen LogP contribution in [-0.4, -0.2) is 75.5 Å². The molecule has 2 unspecified atom stereocenters. The van der Waals surface area contributed by atoms with Gasteiger partial charge in [0.05, 0.1) is 40.3 Å². The lowest BCUT2D eigenvalue weighted by Gasteiger charge is -2.34. The molecule has 0 saturated carbocycles. The van der Waals surface area contributed by atoms with E-state index >= 15 is 0 Å². The van der Waals surface area contributed by atoms with Crippen LogP contribution in [0.2, 0.25) is 0 Å². The first-order valence-corrected chi connectivity index (χ1v) is 16.9. The summed E-state index contributed by atoms with van der Waals surface area (Å²) >= 11 is 0. The molecule has 250 valence electrons. The van der Waals surface area contributed by atoms with Gasteiger partial charge in [0.1, 0.15) is 12.6 Å². The minimum Gasteiger partial charge on any atom is -0.544 e. The molecule has 0 spiro atoms. The van der Waals surface area contributed by atoms with Gasteiger partial charge in [0, 0.05) is 19.3 Å². The minimum atomic E-state index is -1.13. The molecule has 8 heteroatoms. The summed E-state index contributed by atoms with van der Waals surface area (Å²) in [7, 11) is 5.37. The molecule has 0 aliphatic carbocycles. The van der Waals surface area contributed by atoms with Crippen LogP contribution in [0, 0.1) is 0 Å². The van der Waals surface area contributed by atoms with Gasteiger partial charge in [-0.25, -0.2) is 0 Å². The lowest BCUT2D eigenvalue weighted by atomic mass is 10.1. The van der Waals surface area contributed by atoms with Crippen LogP contribution in [0.4, 0.5) is 0 Å². The Morgan fingerprint density at radius 3 is 1.84 bits per heavy atom. The van der Waals surface area contributed by atoms with Gasteiger partial charge in [0.15, 0.2) is 6.10 Å². The number of nitrogens with zero attached hydrogens (tertiary/aromatic N) is 1. The minimum absolute atomic E-state index is 0.0239. The van der Waals surface area contributed by atoms with E-state index in [2.05, 4.69) is 32.1 Å². The van der Waals surface area contributed by atoms with Crippen molar-refractivity contribution in [2.75, 3.05) is 41.0 Å². The Balaban J connectivity index is 4.52. The van der Waals surface area contributed by atoms with Crippen LogP contribution in [0.5, 0.6) is 0 Å². The molecule has 8 nitrogen and oxygen atoms in total. The van der Waals surface area contributed by atoms with Crippen LogP contribution >= 0.6 is 0 Å². The highest BCUT2D eigenvalue weighted by Crippen LogP contribution is 2.11. The average Bonchev–Trinajstić information content (AvgIpc) is 2.94. The zero-order valence-corrected chi connectivity index (χ0v) is 28.1. The third-order valence-corrected chi connectivity index (χ3v) is 7.32. The van der Waals surface area contributed by atoms with Gasteiger partial charge in [-0.15, -0.1) is 0 Å². The molecule has 43 heavy (non-hydrogen) atoms. The third kappa shape index (κ3) is 26.0. The zero-order chi connectivity index (χ0) is 32.2. The third-order valence-electron chi connectivity index (χ3n) is 7.32. The molecule has 0 bridgehead atoms. The summed E-state index contributed by atoms with van der Waals surface area (Å²) in [5.41, 5.74) is 0. The zero-order valence-electron chi connectivity index (χ0n) is 28.1. The van der Waals surface area contributed by atoms with Gasteiger partial charge in [-0.2, -0.15) is 0 Å². The number of aliphatic carboxylic acids is 1. The average molecular weight is 610 g/mol. The molecule has 0 heterocycles. The summed E-state index contributed by atoms with van der Waals surface area (Å²) in [6.07, 6.45) is 25.1. The van der Waals surface area contributed by atoms with Gasteiger partial charge >= 0.3 is 11.9 Å². The van der Waals surface area contributed by atoms with Crippen LogP contribution in [0.15, 0.2) is 24.3 Å². The Labute approximate surface area is 262 Å². The Kier molecular flexibility index (Phi) is 26.0. The first-order valence-electron chi connectivity index (χ1n) is 16.9. The molecule has 0 aliphatic rings. The van der Waals surface area contributed by atoms with Crippen LogP contribution in [-0.2, 0) is 28.6 Å². The van der Waals surface area contributed by atoms with Crippen LogP contribution < -0.4 is 5.11 Å². The van der Waals surface area contributed by atoms with E-state index in [9.17, 15) is 19.5 Å². The van der Waals surface area contributed by atoms with E-state index in [1.54, 1.807) is 21.1 Å². The molecule has 0 aromatic carbocycles. The molecule has 0 N–H and O–H groups in total. The second-order valence-corrected chi connectivity index (χ2v) is 12.4. The van der Waals surface area contributed by atoms with Gasteiger partial charge in [0.2, 0.25) is 0 Å². The largest absolute Gasteiger partial charge is 0.544 e. The van der Waals surface area contributed by atoms with Crippen molar-refractivity contribution in [3.05, 3.63) is 24.3 Å². The normalized spacial score (nSPS) is 13.4. The topological polar surface area (TPSA) is 102 Å². The van der Waals surface area contributed by atoms with Crippen molar-refractivity contribution in [1.82, 2.24) is 0 Å². The second-order valence-electron chi connectivity index (χ2n) is 12.4. The van der Waals surface area contributed by atoms with Crippen molar-refractivity contribution < 1.29 is 38.2 Å². The van der Waals surface area contributed by atoms with E-state index < -0.39 is 18.1 Å². The highest BCUT2D eigenvalue weighted by atomic mass is 16.6. The number of carbonyl (C=O) groups is 3. The van der Waals surface area contributed by atoms with E-state index in [1.807, 2.05) is 6.08 Å². The molecular formula is C35H63NO7. The number of likely N-dealkylation sites (N-methyl/N-ethyl adjacent to an activating group) is 1. The summed E-state index contributed by atoms with van der Waals surface area (Å²) in [6, 6.07) is -0.727. The lowest BCUT2D eigenvalue weighted by Crippen LogP contribution is -2.55. The van der Waals surface area contributed by atoms with E-state index in [-0.39, 0.29) is 49.1 Å². The summed E-state index contributed by atoms with van der Waals surface area (Å²) in [5, 5.41) is 11.5. The molecule has 0 amide bonds. The summed E-state index contributed by atoms with van der Waals surface area (Å²) in [4.78, 5) is 36.3. The van der Waals surface area contributed by atoms with Crippen molar-refractivity contribution in [3.63, 3.8) is 0 Å². The van der Waals surface area contributed by atoms with Crippen molar-refractivity contribution >= 4 is 17.9 Å². The van der Waals surface area contributed by atoms with Crippen molar-refractivity contribution in [3.8, 4) is 0 Å². The smallest absolute Gasteiger partial charge is 0.306 e. The number of esters is 2. The molecule has 0 aliphatic heterocycles. The molecule has 0 aromatic heterocycles. The molecule has 0 rings (SSSR count). The summed E-state index contributed by atoms with van der Waals surface area (Å²) in [5.74, 6) is -1.82. The van der Waals surface area contributed by atoms with Crippen LogP contribution in [0.25, 0.3) is 0 Å². The molecule has 0 radical (unpaired) electrons. The molecule has 0 fully saturated rings. The number of allylic oxidation sites excluding steroid dienone is 4. The maximum absolute atomic E-state index is 12.5. The second kappa shape index (κ2) is 27.4. The SMILES string of the molecule is CCCC/C=C/CCCCCCCC(=O)OCC(COCCC(C(=O)[O-])[N+](C)(C)C)OC(=O)CC/C=C/CCCCCC. The fourth-order valence-corrected chi connectivity index (χ4v) is 4.60. The number of ether oxygens (including phenoxy) is 3. The Morgan fingerprint density at radius 1 is 0.674 bits per heavy atom. The van der Waals surface area contributed by atoms with Gasteiger partial charge in [-0.1, -0.05) is 89.5 Å². The standard InChI is InChI=1S/C35H63NO7/c1-6-8-10-12-14-16-17-18-20-21-23-25-33(37)42-30-31(29-41-28-27-32(35(39)40)36(3,4)5)43-34(38)26-24-22-19-15-13-11-9-7-2/h12,14,19,22,31-32H,6-11,13,15-18,20-21,23-30H2,1-5H3/b14-12+,22-19+. The Bertz CT molecular complexity index is 773. The van der Waals surface area contributed by atoms with E-state index in [4.69, 9.17) is 14.2 Å². The highest BCUT2D eigenvalue weighted by molar-refractivity contribution is 5.70. The number of hydrogen-bond donors (Lipinski definition) is 0. The number of quaternary nitrogens is 1. The van der Waals surface area contributed by atoms with Gasteiger partial charge in [-0.3, -0.25) is 9.59 Å². The van der Waals surface area contributed by atoms with Crippen LogP contribution in [0.1, 0.15) is 129 Å². The Morgan fingerprint density at radius 2 is 1.23 bits per heavy atom. The van der Waals surface area contributed by atoms with E-state index in [0.29, 0.717) is 12.8 Å². The number of carbonyl (C=O) groups excluding carboxylic acids is 3. The number of hydrogen-bond acceptors (Lipinski definition) is 7. The first-order chi connectivity index (χ1) is 20.6. The fourth-order valence-electron chi connectivity index (χ4n) is 4.60. The van der Waals surface area contributed by atoms with Gasteiger partial charge < -0.3 is 28.6 Å². The monoisotopic (exact) mass is 609 g/mol. The number of carboxylic acids is 1. The van der Waals surface area contributed by atoms with Gasteiger partial charge in [-0.05, 0) is 44.9 Å². The number of rotatable bonds is 29. The summed E-state index contributed by atoms with van der Waals surface area (Å²) in [6.45, 7) is 4.49. The highest BCUT2D eigenvalue weighted by Gasteiger charge is 2.25. The fraction of sp³-hybridized carbons (Fsp3) is 0.800. The van der Waals surface area contributed by atoms with Crippen molar-refractivity contribution in [2.24, 2.45) is 0 Å². The molecular weight excluding hydrogens is 546 g/mol. The first kappa shape index (κ1) is 40.8. The number of unbranched alkanes of at least 4 members (excludes halogenated alkanes) is 11. The number of carboxylic acid groups (broad SMARTS) is 1. The Hall–Kier alpha value is -2.19. The molecule has 2 atom stereocenters. The molecule has 0 aromatic rings. The maximum atomic E-state index is 12.5. The van der Waals surface area contributed by atoms with E-state index in [0.717, 1.165) is 44.9 Å². The van der Waals surface area contributed by atoms with Crippen LogP contribution in [0.3, 0.4) is 0 Å². The maximum Gasteiger partial charge on any atom is 0.306 e. The van der Waals surface area contributed by atoms with Crippen molar-refractivity contribution in [2.45, 2.75) is 142 Å².